The van der Waals surface area contributed by atoms with Crippen LogP contribution in [0.1, 0.15) is 17.0 Å². The van der Waals surface area contributed by atoms with E-state index in [0.717, 1.165) is 16.3 Å². The zero-order chi connectivity index (χ0) is 19.4. The van der Waals surface area contributed by atoms with Gasteiger partial charge in [-0.05, 0) is 18.1 Å². The van der Waals surface area contributed by atoms with Gasteiger partial charge in [0.15, 0.2) is 5.69 Å². The lowest BCUT2D eigenvalue weighted by molar-refractivity contribution is -0.141. The van der Waals surface area contributed by atoms with Crippen LogP contribution in [0, 0.1) is 11.8 Å². The molecule has 0 amide bonds. The Balaban J connectivity index is 1.91. The van der Waals surface area contributed by atoms with Crippen LogP contribution in [-0.2, 0) is 13.2 Å². The maximum Gasteiger partial charge on any atom is 0.435 e. The monoisotopic (exact) mass is 373 g/mol. The van der Waals surface area contributed by atoms with E-state index < -0.39 is 11.9 Å². The summed E-state index contributed by atoms with van der Waals surface area (Å²) in [5.74, 6) is 6.18. The summed E-state index contributed by atoms with van der Waals surface area (Å²) in [6, 6.07) is 13.1. The summed E-state index contributed by atoms with van der Waals surface area (Å²) in [4.78, 5) is 4.21. The van der Waals surface area contributed by atoms with Crippen molar-refractivity contribution in [1.29, 1.82) is 0 Å². The first-order valence-corrected chi connectivity index (χ1v) is 7.77. The van der Waals surface area contributed by atoms with Crippen LogP contribution < -0.4 is 9.47 Å². The Kier molecular flexibility index (Phi) is 5.03. The molecular formula is C19H14F3N3O2. The number of alkyl halides is 3. The van der Waals surface area contributed by atoms with Crippen molar-refractivity contribution in [2.45, 2.75) is 6.18 Å². The normalized spacial score (nSPS) is 10.9. The van der Waals surface area contributed by atoms with Gasteiger partial charge < -0.3 is 9.47 Å². The van der Waals surface area contributed by atoms with E-state index in [1.807, 2.05) is 30.3 Å². The molecule has 1 aromatic carbocycles. The number of nitrogens with zero attached hydrogens (tertiary/aromatic N) is 3. The molecule has 0 unspecified atom stereocenters. The maximum atomic E-state index is 12.8. The molecule has 2 heterocycles. The van der Waals surface area contributed by atoms with E-state index in [4.69, 9.17) is 9.47 Å². The molecule has 0 bridgehead atoms. The van der Waals surface area contributed by atoms with E-state index >= 15 is 0 Å². The molecule has 0 fully saturated rings. The third-order valence-electron chi connectivity index (χ3n) is 3.46. The quantitative estimate of drug-likeness (QED) is 0.651. The summed E-state index contributed by atoms with van der Waals surface area (Å²) in [5.41, 5.74) is 0.101. The number of halogens is 3. The molecule has 138 valence electrons. The Hall–Kier alpha value is -3.47. The van der Waals surface area contributed by atoms with Gasteiger partial charge in [0.05, 0.1) is 7.11 Å². The maximum absolute atomic E-state index is 12.8. The summed E-state index contributed by atoms with van der Waals surface area (Å²) in [5, 5.41) is 3.40. The van der Waals surface area contributed by atoms with Crippen molar-refractivity contribution in [1.82, 2.24) is 14.8 Å². The third-order valence-corrected chi connectivity index (χ3v) is 3.46. The molecule has 0 saturated heterocycles. The van der Waals surface area contributed by atoms with Crippen LogP contribution >= 0.6 is 0 Å². The summed E-state index contributed by atoms with van der Waals surface area (Å²) >= 11 is 0. The van der Waals surface area contributed by atoms with Crippen LogP contribution in [0.2, 0.25) is 0 Å². The number of pyridine rings is 1. The second kappa shape index (κ2) is 7.41. The van der Waals surface area contributed by atoms with E-state index in [1.54, 1.807) is 6.07 Å². The Labute approximate surface area is 153 Å². The van der Waals surface area contributed by atoms with Crippen LogP contribution in [0.3, 0.4) is 0 Å². The molecule has 27 heavy (non-hydrogen) atoms. The highest BCUT2D eigenvalue weighted by Crippen LogP contribution is 2.32. The molecule has 0 spiro atoms. The number of hydrogen-bond donors (Lipinski definition) is 0. The van der Waals surface area contributed by atoms with Crippen molar-refractivity contribution >= 4 is 0 Å². The molecule has 3 rings (SSSR count). The fourth-order valence-corrected chi connectivity index (χ4v) is 2.16. The molecule has 3 aromatic rings. The van der Waals surface area contributed by atoms with E-state index in [2.05, 4.69) is 21.9 Å². The Morgan fingerprint density at radius 3 is 2.41 bits per heavy atom. The highest BCUT2D eigenvalue weighted by atomic mass is 19.4. The summed E-state index contributed by atoms with van der Waals surface area (Å²) in [7, 11) is 2.81. The van der Waals surface area contributed by atoms with Gasteiger partial charge in [0.1, 0.15) is 11.4 Å². The number of aromatic nitrogens is 3. The van der Waals surface area contributed by atoms with Crippen LogP contribution in [-0.4, -0.2) is 21.9 Å². The second-order valence-corrected chi connectivity index (χ2v) is 5.44. The number of rotatable bonds is 3. The van der Waals surface area contributed by atoms with E-state index in [0.29, 0.717) is 11.4 Å². The molecule has 0 N–H and O–H groups in total. The van der Waals surface area contributed by atoms with Crippen LogP contribution in [0.4, 0.5) is 13.2 Å². The fourth-order valence-electron chi connectivity index (χ4n) is 2.16. The van der Waals surface area contributed by atoms with Crippen molar-refractivity contribution in [3.63, 3.8) is 0 Å². The van der Waals surface area contributed by atoms with Crippen molar-refractivity contribution in [3.05, 3.63) is 65.5 Å². The Morgan fingerprint density at radius 1 is 1.04 bits per heavy atom. The van der Waals surface area contributed by atoms with Gasteiger partial charge in [0, 0.05) is 30.8 Å². The predicted molar refractivity (Wildman–Crippen MR) is 91.5 cm³/mol. The number of benzene rings is 1. The zero-order valence-electron chi connectivity index (χ0n) is 14.4. The first-order valence-electron chi connectivity index (χ1n) is 7.77. The average molecular weight is 373 g/mol. The molecule has 0 aliphatic heterocycles. The van der Waals surface area contributed by atoms with Gasteiger partial charge in [-0.25, -0.2) is 9.67 Å². The summed E-state index contributed by atoms with van der Waals surface area (Å²) < 4.78 is 50.0. The minimum Gasteiger partial charge on any atom is -0.496 e. The van der Waals surface area contributed by atoms with Gasteiger partial charge in [0.2, 0.25) is 11.8 Å². The lowest BCUT2D eigenvalue weighted by Crippen LogP contribution is -2.06. The molecule has 0 aliphatic carbocycles. The second-order valence-electron chi connectivity index (χ2n) is 5.44. The zero-order valence-corrected chi connectivity index (χ0v) is 14.4. The standard InChI is InChI=1S/C19H14F3N3O2/c1-25-18(12-16(24-25)19(20,21)22)27-17-11-15(26-2)10-14(23-17)9-8-13-6-4-3-5-7-13/h3-7,10-12H,1-2H3. The van der Waals surface area contributed by atoms with Crippen molar-refractivity contribution in [2.24, 2.45) is 7.05 Å². The van der Waals surface area contributed by atoms with E-state index in [9.17, 15) is 13.2 Å². The molecule has 0 aliphatic rings. The third kappa shape index (κ3) is 4.58. The first kappa shape index (κ1) is 18.3. The molecule has 0 saturated carbocycles. The minimum atomic E-state index is -4.56. The molecule has 8 heteroatoms. The molecule has 0 radical (unpaired) electrons. The number of methoxy groups -OCH3 is 1. The van der Waals surface area contributed by atoms with E-state index in [1.165, 1.54) is 20.2 Å². The highest BCUT2D eigenvalue weighted by molar-refractivity contribution is 5.44. The molecule has 0 atom stereocenters. The summed E-state index contributed by atoms with van der Waals surface area (Å²) in [6.07, 6.45) is -4.56. The van der Waals surface area contributed by atoms with Gasteiger partial charge in [-0.15, -0.1) is 0 Å². The lowest BCUT2D eigenvalue weighted by atomic mass is 10.2. The van der Waals surface area contributed by atoms with Gasteiger partial charge in [-0.2, -0.15) is 18.3 Å². The van der Waals surface area contributed by atoms with Crippen molar-refractivity contribution < 1.29 is 22.6 Å². The molecular weight excluding hydrogens is 359 g/mol. The van der Waals surface area contributed by atoms with Gasteiger partial charge in [-0.1, -0.05) is 24.1 Å². The Bertz CT molecular complexity index is 1000. The van der Waals surface area contributed by atoms with Crippen molar-refractivity contribution in [3.8, 4) is 29.4 Å². The fraction of sp³-hybridized carbons (Fsp3) is 0.158. The molecule has 5 nitrogen and oxygen atoms in total. The number of aryl methyl sites for hydroxylation is 1. The minimum absolute atomic E-state index is 0.0448. The molecule has 2 aromatic heterocycles. The van der Waals surface area contributed by atoms with Crippen molar-refractivity contribution in [2.75, 3.05) is 7.11 Å². The lowest BCUT2D eigenvalue weighted by Gasteiger charge is -2.07. The van der Waals surface area contributed by atoms with Gasteiger partial charge in [-0.3, -0.25) is 0 Å². The predicted octanol–water partition coefficient (Wildman–Crippen LogP) is 4.03. The van der Waals surface area contributed by atoms with Crippen LogP contribution in [0.25, 0.3) is 0 Å². The number of hydrogen-bond acceptors (Lipinski definition) is 4. The topological polar surface area (TPSA) is 49.2 Å². The smallest absolute Gasteiger partial charge is 0.435 e. The van der Waals surface area contributed by atoms with Crippen LogP contribution in [0.15, 0.2) is 48.5 Å². The first-order chi connectivity index (χ1) is 12.8. The van der Waals surface area contributed by atoms with Crippen LogP contribution in [0.5, 0.6) is 17.5 Å². The van der Waals surface area contributed by atoms with Gasteiger partial charge in [0.25, 0.3) is 0 Å². The van der Waals surface area contributed by atoms with Gasteiger partial charge >= 0.3 is 6.18 Å². The Morgan fingerprint density at radius 2 is 1.78 bits per heavy atom. The highest BCUT2D eigenvalue weighted by Gasteiger charge is 2.35. The SMILES string of the molecule is COc1cc(C#Cc2ccccc2)nc(Oc2cc(C(F)(F)F)nn2C)c1. The summed E-state index contributed by atoms with van der Waals surface area (Å²) in [6.45, 7) is 0. The average Bonchev–Trinajstić information content (AvgIpc) is 3.01. The largest absolute Gasteiger partial charge is 0.496 e. The number of ether oxygens (including phenoxy) is 2. The van der Waals surface area contributed by atoms with E-state index in [-0.39, 0.29) is 11.8 Å².